The van der Waals surface area contributed by atoms with Crippen molar-refractivity contribution in [2.45, 2.75) is 70.6 Å². The molecular weight excluding hydrogens is 484 g/mol. The maximum atomic E-state index is 12.5. The number of morpholine rings is 1. The van der Waals surface area contributed by atoms with Gasteiger partial charge in [-0.3, -0.25) is 0 Å². The first-order valence-corrected chi connectivity index (χ1v) is 13.5. The largest absolute Gasteiger partial charge is 0.467 e. The molecule has 6 rings (SSSR count). The summed E-state index contributed by atoms with van der Waals surface area (Å²) in [5.41, 5.74) is 3.04. The maximum absolute atomic E-state index is 12.5. The van der Waals surface area contributed by atoms with E-state index in [4.69, 9.17) is 19.3 Å². The molecule has 0 spiro atoms. The van der Waals surface area contributed by atoms with Gasteiger partial charge in [-0.2, -0.15) is 15.1 Å². The molecule has 3 aliphatic rings. The second kappa shape index (κ2) is 9.41. The fourth-order valence-electron chi connectivity index (χ4n) is 5.95. The maximum Gasteiger partial charge on any atom is 0.410 e. The Bertz CT molecular complexity index is 1360. The van der Waals surface area contributed by atoms with Crippen molar-refractivity contribution in [3.05, 3.63) is 35.5 Å². The molecule has 0 radical (unpaired) electrons. The molecule has 202 valence electrons. The topological polar surface area (TPSA) is 94.8 Å². The van der Waals surface area contributed by atoms with E-state index in [9.17, 15) is 4.79 Å². The Kier molecular flexibility index (Phi) is 6.17. The highest BCUT2D eigenvalue weighted by Gasteiger charge is 2.40. The SMILES string of the molecule is COc1nc(N2C[C@@H]3C[C@H]2CO3)cc(-n2ncc3cc(C)c(C4CCN(C(=O)OC(C)(C)C)CC4)cc32)n1. The molecule has 2 aromatic heterocycles. The van der Waals surface area contributed by atoms with E-state index in [1.807, 2.05) is 42.6 Å². The number of fused-ring (bicyclic) bond motifs is 3. The summed E-state index contributed by atoms with van der Waals surface area (Å²) in [4.78, 5) is 26.0. The van der Waals surface area contributed by atoms with Crippen LogP contribution in [0.15, 0.2) is 24.4 Å². The van der Waals surface area contributed by atoms with Gasteiger partial charge in [0.25, 0.3) is 0 Å². The molecule has 0 aliphatic carbocycles. The van der Waals surface area contributed by atoms with E-state index in [2.05, 4.69) is 33.9 Å². The lowest BCUT2D eigenvalue weighted by Crippen LogP contribution is -2.41. The molecule has 0 saturated carbocycles. The quantitative estimate of drug-likeness (QED) is 0.505. The Hall–Kier alpha value is -3.40. The molecular formula is C28H36N6O4. The van der Waals surface area contributed by atoms with Gasteiger partial charge in [0.15, 0.2) is 5.82 Å². The van der Waals surface area contributed by atoms with Crippen LogP contribution in [0.2, 0.25) is 0 Å². The highest BCUT2D eigenvalue weighted by atomic mass is 16.6. The van der Waals surface area contributed by atoms with Gasteiger partial charge in [-0.05, 0) is 76.1 Å². The average molecular weight is 521 g/mol. The van der Waals surface area contributed by atoms with Crippen LogP contribution < -0.4 is 9.64 Å². The first-order valence-electron chi connectivity index (χ1n) is 13.5. The number of aromatic nitrogens is 4. The molecule has 38 heavy (non-hydrogen) atoms. The number of hydrogen-bond acceptors (Lipinski definition) is 8. The van der Waals surface area contributed by atoms with Crippen molar-refractivity contribution < 1.29 is 19.0 Å². The minimum atomic E-state index is -0.486. The number of carbonyl (C=O) groups is 1. The molecule has 1 amide bonds. The van der Waals surface area contributed by atoms with Crippen LogP contribution in [-0.4, -0.2) is 81.8 Å². The van der Waals surface area contributed by atoms with E-state index in [1.165, 1.54) is 11.1 Å². The smallest absolute Gasteiger partial charge is 0.410 e. The van der Waals surface area contributed by atoms with Crippen LogP contribution in [0.4, 0.5) is 10.6 Å². The number of methoxy groups -OCH3 is 1. The van der Waals surface area contributed by atoms with E-state index in [0.29, 0.717) is 36.9 Å². The number of nitrogens with zero attached hydrogens (tertiary/aromatic N) is 6. The number of carbonyl (C=O) groups excluding carboxylic acids is 1. The lowest BCUT2D eigenvalue weighted by atomic mass is 9.86. The van der Waals surface area contributed by atoms with Crippen molar-refractivity contribution in [1.82, 2.24) is 24.6 Å². The van der Waals surface area contributed by atoms with E-state index in [0.717, 1.165) is 49.1 Å². The zero-order valence-electron chi connectivity index (χ0n) is 22.8. The number of rotatable bonds is 4. The number of ether oxygens (including phenoxy) is 3. The van der Waals surface area contributed by atoms with Gasteiger partial charge in [-0.15, -0.1) is 0 Å². The number of amides is 1. The zero-order valence-corrected chi connectivity index (χ0v) is 22.8. The molecule has 10 heteroatoms. The normalized spacial score (nSPS) is 21.9. The standard InChI is InChI=1S/C28H36N6O4/c1-17-10-19-14-29-34(25-13-24(30-26(31-25)36-5)33-15-21-11-20(33)16-37-21)23(19)12-22(17)18-6-8-32(9-7-18)27(35)38-28(2,3)4/h10,12-14,18,20-21H,6-9,11,15-16H2,1-5H3/t20-,21-/m0/s1. The predicted molar refractivity (Wildman–Crippen MR) is 143 cm³/mol. The van der Waals surface area contributed by atoms with Crippen molar-refractivity contribution in [2.75, 3.05) is 38.3 Å². The first kappa shape index (κ1) is 24.9. The molecule has 10 nitrogen and oxygen atoms in total. The number of piperidine rings is 1. The van der Waals surface area contributed by atoms with Crippen LogP contribution >= 0.6 is 0 Å². The van der Waals surface area contributed by atoms with Gasteiger partial charge in [-0.25, -0.2) is 9.48 Å². The van der Waals surface area contributed by atoms with Crippen molar-refractivity contribution in [3.63, 3.8) is 0 Å². The number of benzene rings is 1. The Balaban J connectivity index is 1.28. The summed E-state index contributed by atoms with van der Waals surface area (Å²) in [7, 11) is 1.59. The summed E-state index contributed by atoms with van der Waals surface area (Å²) in [6, 6.07) is 7.10. The summed E-state index contributed by atoms with van der Waals surface area (Å²) < 4.78 is 18.7. The third-order valence-corrected chi connectivity index (χ3v) is 7.82. The summed E-state index contributed by atoms with van der Waals surface area (Å²) in [5, 5.41) is 5.77. The van der Waals surface area contributed by atoms with Crippen LogP contribution in [-0.2, 0) is 9.47 Å². The molecule has 3 aliphatic heterocycles. The molecule has 2 atom stereocenters. The lowest BCUT2D eigenvalue weighted by molar-refractivity contribution is 0.0205. The molecule has 5 heterocycles. The number of hydrogen-bond donors (Lipinski definition) is 0. The van der Waals surface area contributed by atoms with E-state index in [-0.39, 0.29) is 12.2 Å². The van der Waals surface area contributed by atoms with Gasteiger partial charge < -0.3 is 24.0 Å². The second-order valence-electron chi connectivity index (χ2n) is 11.6. The van der Waals surface area contributed by atoms with Gasteiger partial charge >= 0.3 is 12.1 Å². The third-order valence-electron chi connectivity index (χ3n) is 7.82. The molecule has 0 N–H and O–H groups in total. The number of aryl methyl sites for hydroxylation is 1. The molecule has 3 fully saturated rings. The average Bonchev–Trinajstić information content (AvgIpc) is 3.63. The van der Waals surface area contributed by atoms with Gasteiger partial charge in [-0.1, -0.05) is 0 Å². The zero-order chi connectivity index (χ0) is 26.6. The number of anilines is 1. The predicted octanol–water partition coefficient (Wildman–Crippen LogP) is 4.22. The summed E-state index contributed by atoms with van der Waals surface area (Å²) in [6.07, 6.45) is 4.74. The Labute approximate surface area is 222 Å². The highest BCUT2D eigenvalue weighted by molar-refractivity contribution is 5.82. The molecule has 3 aromatic rings. The summed E-state index contributed by atoms with van der Waals surface area (Å²) >= 11 is 0. The van der Waals surface area contributed by atoms with E-state index >= 15 is 0 Å². The van der Waals surface area contributed by atoms with Crippen molar-refractivity contribution >= 4 is 22.8 Å². The summed E-state index contributed by atoms with van der Waals surface area (Å²) in [5.74, 6) is 1.88. The Morgan fingerprint density at radius 1 is 1.11 bits per heavy atom. The fraction of sp³-hybridized carbons (Fsp3) is 0.571. The van der Waals surface area contributed by atoms with Crippen molar-refractivity contribution in [1.29, 1.82) is 0 Å². The van der Waals surface area contributed by atoms with Crippen LogP contribution in [0.5, 0.6) is 6.01 Å². The van der Waals surface area contributed by atoms with Gasteiger partial charge in [0.05, 0.1) is 37.6 Å². The van der Waals surface area contributed by atoms with E-state index in [1.54, 1.807) is 7.11 Å². The van der Waals surface area contributed by atoms with Gasteiger partial charge in [0.2, 0.25) is 0 Å². The van der Waals surface area contributed by atoms with Crippen LogP contribution in [0.25, 0.3) is 16.7 Å². The first-order chi connectivity index (χ1) is 18.2. The lowest BCUT2D eigenvalue weighted by Gasteiger charge is -2.34. The van der Waals surface area contributed by atoms with Crippen LogP contribution in [0.3, 0.4) is 0 Å². The molecule has 1 aromatic carbocycles. The van der Waals surface area contributed by atoms with Crippen molar-refractivity contribution in [2.24, 2.45) is 0 Å². The van der Waals surface area contributed by atoms with Gasteiger partial charge in [0, 0.05) is 31.1 Å². The minimum absolute atomic E-state index is 0.229. The van der Waals surface area contributed by atoms with Crippen LogP contribution in [0.1, 0.15) is 57.1 Å². The molecule has 3 saturated heterocycles. The number of likely N-dealkylation sites (tertiary alicyclic amines) is 1. The second-order valence-corrected chi connectivity index (χ2v) is 11.6. The summed E-state index contributed by atoms with van der Waals surface area (Å²) in [6.45, 7) is 10.8. The fourth-order valence-corrected chi connectivity index (χ4v) is 5.95. The van der Waals surface area contributed by atoms with E-state index < -0.39 is 5.60 Å². The Morgan fingerprint density at radius 2 is 1.87 bits per heavy atom. The Morgan fingerprint density at radius 3 is 2.53 bits per heavy atom. The van der Waals surface area contributed by atoms with Crippen LogP contribution in [0, 0.1) is 6.92 Å². The highest BCUT2D eigenvalue weighted by Crippen LogP contribution is 2.35. The van der Waals surface area contributed by atoms with Crippen molar-refractivity contribution in [3.8, 4) is 11.8 Å². The van der Waals surface area contributed by atoms with Gasteiger partial charge in [0.1, 0.15) is 11.4 Å². The molecule has 0 unspecified atom stereocenters. The molecule has 2 bridgehead atoms. The third kappa shape index (κ3) is 4.66. The minimum Gasteiger partial charge on any atom is -0.467 e. The monoisotopic (exact) mass is 520 g/mol.